The summed E-state index contributed by atoms with van der Waals surface area (Å²) < 4.78 is 31.2. The molecule has 1 heterocycles. The molecule has 0 radical (unpaired) electrons. The largest absolute Gasteiger partial charge is 0.452 e. The molecular formula is C23H25F2N3O4S. The Hall–Kier alpha value is -3.01. The van der Waals surface area contributed by atoms with Crippen molar-refractivity contribution in [1.29, 1.82) is 0 Å². The average molecular weight is 478 g/mol. The molecule has 0 unspecified atom stereocenters. The van der Waals surface area contributed by atoms with E-state index < -0.39 is 42.6 Å². The number of rotatable bonds is 9. The highest BCUT2D eigenvalue weighted by molar-refractivity contribution is 7.99. The van der Waals surface area contributed by atoms with Crippen molar-refractivity contribution in [2.75, 3.05) is 24.2 Å². The van der Waals surface area contributed by atoms with Crippen LogP contribution >= 0.6 is 11.8 Å². The van der Waals surface area contributed by atoms with Gasteiger partial charge in [-0.25, -0.2) is 18.6 Å². The lowest BCUT2D eigenvalue weighted by Gasteiger charge is -2.21. The average Bonchev–Trinajstić information content (AvgIpc) is 2.83. The Morgan fingerprint density at radius 3 is 2.61 bits per heavy atom. The van der Waals surface area contributed by atoms with E-state index >= 15 is 0 Å². The molecule has 1 aliphatic rings. The SMILES string of the molecule is O=C(COC(=O)c1cccnc1SCC1CCCCC1)NCC(=O)Nc1ccc(F)c(F)c1. The molecule has 0 bridgehead atoms. The van der Waals surface area contributed by atoms with Gasteiger partial charge < -0.3 is 15.4 Å². The summed E-state index contributed by atoms with van der Waals surface area (Å²) in [6, 6.07) is 6.13. The summed E-state index contributed by atoms with van der Waals surface area (Å²) in [5, 5.41) is 5.20. The van der Waals surface area contributed by atoms with Crippen molar-refractivity contribution in [2.45, 2.75) is 37.1 Å². The summed E-state index contributed by atoms with van der Waals surface area (Å²) in [7, 11) is 0. The predicted octanol–water partition coefficient (Wildman–Crippen LogP) is 3.94. The molecule has 0 spiro atoms. The normalized spacial score (nSPS) is 13.9. The van der Waals surface area contributed by atoms with Crippen LogP contribution in [-0.4, -0.2) is 41.7 Å². The molecule has 2 N–H and O–H groups in total. The molecule has 0 aliphatic heterocycles. The van der Waals surface area contributed by atoms with Crippen LogP contribution in [0.15, 0.2) is 41.6 Å². The summed E-state index contributed by atoms with van der Waals surface area (Å²) in [6.45, 7) is -0.996. The molecule has 1 fully saturated rings. The molecule has 1 aromatic heterocycles. The van der Waals surface area contributed by atoms with Crippen LogP contribution in [-0.2, 0) is 14.3 Å². The highest BCUT2D eigenvalue weighted by Gasteiger charge is 2.19. The first-order valence-electron chi connectivity index (χ1n) is 10.7. The number of carbonyl (C=O) groups excluding carboxylic acids is 3. The van der Waals surface area contributed by atoms with Gasteiger partial charge in [0, 0.05) is 23.7 Å². The molecule has 3 rings (SSSR count). The molecule has 7 nitrogen and oxygen atoms in total. The zero-order valence-electron chi connectivity index (χ0n) is 17.9. The number of ether oxygens (including phenoxy) is 1. The van der Waals surface area contributed by atoms with Crippen LogP contribution < -0.4 is 10.6 Å². The molecule has 176 valence electrons. The van der Waals surface area contributed by atoms with Crippen molar-refractivity contribution >= 4 is 35.2 Å². The van der Waals surface area contributed by atoms with E-state index in [4.69, 9.17) is 4.74 Å². The Morgan fingerprint density at radius 2 is 1.85 bits per heavy atom. The number of carbonyl (C=O) groups is 3. The molecule has 10 heteroatoms. The second-order valence-corrected chi connectivity index (χ2v) is 8.71. The van der Waals surface area contributed by atoms with Crippen LogP contribution in [0.25, 0.3) is 0 Å². The maximum atomic E-state index is 13.2. The number of esters is 1. The van der Waals surface area contributed by atoms with Gasteiger partial charge in [0.15, 0.2) is 18.2 Å². The number of nitrogens with one attached hydrogen (secondary N) is 2. The van der Waals surface area contributed by atoms with E-state index in [1.807, 2.05) is 0 Å². The van der Waals surface area contributed by atoms with Gasteiger partial charge in [0.1, 0.15) is 5.03 Å². The number of pyridine rings is 1. The highest BCUT2D eigenvalue weighted by atomic mass is 32.2. The van der Waals surface area contributed by atoms with Crippen molar-refractivity contribution in [3.63, 3.8) is 0 Å². The fourth-order valence-electron chi connectivity index (χ4n) is 3.43. The Bertz CT molecular complexity index is 999. The minimum absolute atomic E-state index is 0.0504. The number of hydrogen-bond acceptors (Lipinski definition) is 6. The molecule has 0 saturated heterocycles. The molecule has 1 saturated carbocycles. The maximum Gasteiger partial charge on any atom is 0.341 e. The first-order chi connectivity index (χ1) is 15.9. The highest BCUT2D eigenvalue weighted by Crippen LogP contribution is 2.30. The van der Waals surface area contributed by atoms with Crippen LogP contribution in [0.2, 0.25) is 0 Å². The van der Waals surface area contributed by atoms with Gasteiger partial charge in [-0.1, -0.05) is 19.3 Å². The van der Waals surface area contributed by atoms with Gasteiger partial charge in [0.05, 0.1) is 12.1 Å². The number of benzene rings is 1. The van der Waals surface area contributed by atoms with Crippen molar-refractivity contribution in [3.8, 4) is 0 Å². The quantitative estimate of drug-likeness (QED) is 0.419. The standard InChI is InChI=1S/C23H25F2N3O4S/c24-18-9-8-16(11-19(18)25)28-20(29)12-27-21(30)13-32-23(31)17-7-4-10-26-22(17)33-14-15-5-2-1-3-6-15/h4,7-11,15H,1-3,5-6,12-14H2,(H,27,30)(H,28,29). The number of aromatic nitrogens is 1. The molecule has 2 amide bonds. The van der Waals surface area contributed by atoms with Crippen molar-refractivity contribution in [1.82, 2.24) is 10.3 Å². The molecule has 33 heavy (non-hydrogen) atoms. The second kappa shape index (κ2) is 12.3. The van der Waals surface area contributed by atoms with E-state index in [1.165, 1.54) is 49.9 Å². The minimum atomic E-state index is -1.10. The second-order valence-electron chi connectivity index (χ2n) is 7.70. The Balaban J connectivity index is 1.42. The number of halogens is 2. The lowest BCUT2D eigenvalue weighted by Crippen LogP contribution is -2.35. The number of anilines is 1. The van der Waals surface area contributed by atoms with E-state index in [9.17, 15) is 23.2 Å². The monoisotopic (exact) mass is 477 g/mol. The fraction of sp³-hybridized carbons (Fsp3) is 0.391. The van der Waals surface area contributed by atoms with Gasteiger partial charge in [0.2, 0.25) is 5.91 Å². The zero-order valence-corrected chi connectivity index (χ0v) is 18.8. The van der Waals surface area contributed by atoms with Crippen molar-refractivity contribution in [2.24, 2.45) is 5.92 Å². The summed E-state index contributed by atoms with van der Waals surface area (Å²) in [5.41, 5.74) is 0.344. The topological polar surface area (TPSA) is 97.4 Å². The first kappa shape index (κ1) is 24.6. The van der Waals surface area contributed by atoms with Gasteiger partial charge in [-0.05, 0) is 43.0 Å². The number of thioether (sulfide) groups is 1. The van der Waals surface area contributed by atoms with Crippen LogP contribution in [0, 0.1) is 17.6 Å². The van der Waals surface area contributed by atoms with Gasteiger partial charge in [-0.15, -0.1) is 11.8 Å². The van der Waals surface area contributed by atoms with E-state index in [1.54, 1.807) is 18.3 Å². The Morgan fingerprint density at radius 1 is 1.06 bits per heavy atom. The third-order valence-corrected chi connectivity index (χ3v) is 6.39. The van der Waals surface area contributed by atoms with Crippen molar-refractivity contribution < 1.29 is 27.9 Å². The molecular weight excluding hydrogens is 452 g/mol. The van der Waals surface area contributed by atoms with Crippen molar-refractivity contribution in [3.05, 3.63) is 53.7 Å². The van der Waals surface area contributed by atoms with Crippen LogP contribution in [0.1, 0.15) is 42.5 Å². The molecule has 0 atom stereocenters. The number of hydrogen-bond donors (Lipinski definition) is 2. The number of nitrogens with zero attached hydrogens (tertiary/aromatic N) is 1. The predicted molar refractivity (Wildman–Crippen MR) is 120 cm³/mol. The van der Waals surface area contributed by atoms with E-state index in [2.05, 4.69) is 15.6 Å². The minimum Gasteiger partial charge on any atom is -0.452 e. The third kappa shape index (κ3) is 7.81. The smallest absolute Gasteiger partial charge is 0.341 e. The van der Waals surface area contributed by atoms with Gasteiger partial charge in [-0.3, -0.25) is 9.59 Å². The lowest BCUT2D eigenvalue weighted by molar-refractivity contribution is -0.126. The van der Waals surface area contributed by atoms with Gasteiger partial charge >= 0.3 is 5.97 Å². The summed E-state index contributed by atoms with van der Waals surface area (Å²) in [5.74, 6) is -2.64. The van der Waals surface area contributed by atoms with E-state index in [-0.39, 0.29) is 5.69 Å². The molecule has 2 aromatic rings. The van der Waals surface area contributed by atoms with Crippen LogP contribution in [0.4, 0.5) is 14.5 Å². The summed E-state index contributed by atoms with van der Waals surface area (Å²) in [6.07, 6.45) is 7.72. The fourth-order valence-corrected chi connectivity index (χ4v) is 4.60. The molecule has 1 aromatic carbocycles. The van der Waals surface area contributed by atoms with Gasteiger partial charge in [-0.2, -0.15) is 0 Å². The van der Waals surface area contributed by atoms with Crippen LogP contribution in [0.5, 0.6) is 0 Å². The lowest BCUT2D eigenvalue weighted by atomic mass is 9.91. The summed E-state index contributed by atoms with van der Waals surface area (Å²) >= 11 is 1.52. The third-order valence-electron chi connectivity index (χ3n) is 5.16. The number of amides is 2. The maximum absolute atomic E-state index is 13.2. The van der Waals surface area contributed by atoms with E-state index in [0.29, 0.717) is 16.5 Å². The Labute approximate surface area is 194 Å². The summed E-state index contributed by atoms with van der Waals surface area (Å²) in [4.78, 5) is 40.6. The van der Waals surface area contributed by atoms with Crippen LogP contribution in [0.3, 0.4) is 0 Å². The van der Waals surface area contributed by atoms with Gasteiger partial charge in [0.25, 0.3) is 5.91 Å². The first-order valence-corrected chi connectivity index (χ1v) is 11.7. The zero-order chi connectivity index (χ0) is 23.6. The van der Waals surface area contributed by atoms with E-state index in [0.717, 1.165) is 17.9 Å². The Kier molecular flexibility index (Phi) is 9.17. The molecule has 1 aliphatic carbocycles.